The highest BCUT2D eigenvalue weighted by molar-refractivity contribution is 5.78. The fourth-order valence-corrected chi connectivity index (χ4v) is 4.28. The number of amides is 1. The first-order valence-electron chi connectivity index (χ1n) is 11.6. The second-order valence-corrected chi connectivity index (χ2v) is 8.54. The quantitative estimate of drug-likeness (QED) is 0.411. The van der Waals surface area contributed by atoms with Crippen LogP contribution in [0.1, 0.15) is 24.0 Å². The topological polar surface area (TPSA) is 91.6 Å². The van der Waals surface area contributed by atoms with Gasteiger partial charge in [0.15, 0.2) is 11.5 Å². The van der Waals surface area contributed by atoms with Crippen molar-refractivity contribution in [2.45, 2.75) is 32.5 Å². The number of carbonyl (C=O) groups excluding carboxylic acids is 1. The van der Waals surface area contributed by atoms with Crippen molar-refractivity contribution in [3.63, 3.8) is 0 Å². The van der Waals surface area contributed by atoms with Crippen molar-refractivity contribution < 1.29 is 18.7 Å². The number of nitrogens with zero attached hydrogens (tertiary/aromatic N) is 2. The van der Waals surface area contributed by atoms with Crippen LogP contribution in [0.4, 0.5) is 4.39 Å². The number of carbonyl (C=O) groups is 1. The van der Waals surface area contributed by atoms with Gasteiger partial charge in [0.2, 0.25) is 12.7 Å². The number of benzene rings is 3. The fraction of sp³-hybridized carbons (Fsp3) is 0.222. The van der Waals surface area contributed by atoms with Crippen molar-refractivity contribution >= 4 is 16.8 Å². The van der Waals surface area contributed by atoms with Gasteiger partial charge in [-0.2, -0.15) is 0 Å². The zero-order valence-corrected chi connectivity index (χ0v) is 19.4. The Hall–Kier alpha value is -4.40. The molecule has 0 radical (unpaired) electrons. The van der Waals surface area contributed by atoms with E-state index in [1.165, 1.54) is 16.7 Å². The zero-order chi connectivity index (χ0) is 25.1. The highest BCUT2D eigenvalue weighted by atomic mass is 19.1. The van der Waals surface area contributed by atoms with E-state index in [0.717, 1.165) is 10.1 Å². The van der Waals surface area contributed by atoms with E-state index in [-0.39, 0.29) is 32.2 Å². The molecule has 1 aromatic heterocycles. The van der Waals surface area contributed by atoms with Crippen molar-refractivity contribution in [1.29, 1.82) is 0 Å². The average Bonchev–Trinajstić information content (AvgIpc) is 3.35. The predicted octanol–water partition coefficient (Wildman–Crippen LogP) is 3.18. The minimum atomic E-state index is -0.497. The molecular formula is C27H24FN3O5. The summed E-state index contributed by atoms with van der Waals surface area (Å²) in [6.45, 7) is 0.714. The number of fused-ring (bicyclic) bond motifs is 2. The van der Waals surface area contributed by atoms with E-state index in [9.17, 15) is 18.8 Å². The Balaban J connectivity index is 1.29. The van der Waals surface area contributed by atoms with E-state index < -0.39 is 17.1 Å². The lowest BCUT2D eigenvalue weighted by Gasteiger charge is -2.14. The number of rotatable bonds is 8. The van der Waals surface area contributed by atoms with Crippen molar-refractivity contribution in [2.75, 3.05) is 6.79 Å². The largest absolute Gasteiger partial charge is 0.454 e. The van der Waals surface area contributed by atoms with E-state index in [4.69, 9.17) is 9.47 Å². The molecule has 0 saturated carbocycles. The van der Waals surface area contributed by atoms with Gasteiger partial charge in [-0.05, 0) is 53.9 Å². The molecule has 36 heavy (non-hydrogen) atoms. The van der Waals surface area contributed by atoms with Crippen molar-refractivity contribution in [2.24, 2.45) is 0 Å². The molecule has 0 unspecified atom stereocenters. The van der Waals surface area contributed by atoms with Crippen LogP contribution in [-0.2, 0) is 24.4 Å². The van der Waals surface area contributed by atoms with Gasteiger partial charge in [0.1, 0.15) is 5.82 Å². The molecule has 4 aromatic rings. The molecule has 5 rings (SSSR count). The zero-order valence-electron chi connectivity index (χ0n) is 19.4. The SMILES string of the molecule is O=C(CCCn1c(=O)c2ccccc2n(Cc2cccc(F)c2)c1=O)NCc1ccc2c(c1)OCO2. The second kappa shape index (κ2) is 10.1. The minimum Gasteiger partial charge on any atom is -0.454 e. The smallest absolute Gasteiger partial charge is 0.331 e. The van der Waals surface area contributed by atoms with Crippen molar-refractivity contribution in [3.05, 3.63) is 105 Å². The second-order valence-electron chi connectivity index (χ2n) is 8.54. The van der Waals surface area contributed by atoms with E-state index in [0.29, 0.717) is 40.9 Å². The molecule has 0 atom stereocenters. The standard InChI is InChI=1S/C27H24FN3O5/c28-20-6-3-5-19(13-20)16-31-22-8-2-1-7-21(22)26(33)30(27(31)34)12-4-9-25(32)29-15-18-10-11-23-24(14-18)36-17-35-23/h1-3,5-8,10-11,13-14H,4,9,12,15-17H2,(H,29,32). The third-order valence-electron chi connectivity index (χ3n) is 6.07. The molecule has 8 nitrogen and oxygen atoms in total. The third kappa shape index (κ3) is 4.86. The molecule has 3 aromatic carbocycles. The minimum absolute atomic E-state index is 0.0864. The van der Waals surface area contributed by atoms with Crippen molar-refractivity contribution in [1.82, 2.24) is 14.5 Å². The highest BCUT2D eigenvalue weighted by Crippen LogP contribution is 2.32. The summed E-state index contributed by atoms with van der Waals surface area (Å²) in [6, 6.07) is 18.3. The number of hydrogen-bond acceptors (Lipinski definition) is 5. The summed E-state index contributed by atoms with van der Waals surface area (Å²) in [5.41, 5.74) is 1.05. The number of halogens is 1. The number of aromatic nitrogens is 2. The van der Waals surface area contributed by atoms with Gasteiger partial charge in [-0.25, -0.2) is 9.18 Å². The number of ether oxygens (including phenoxy) is 2. The van der Waals surface area contributed by atoms with Crippen LogP contribution in [0.3, 0.4) is 0 Å². The molecule has 0 spiro atoms. The van der Waals surface area contributed by atoms with Gasteiger partial charge in [0, 0.05) is 19.5 Å². The summed E-state index contributed by atoms with van der Waals surface area (Å²) in [5, 5.41) is 3.23. The normalized spacial score (nSPS) is 12.1. The van der Waals surface area contributed by atoms with Crippen LogP contribution in [0.2, 0.25) is 0 Å². The number of nitrogens with one attached hydrogen (secondary N) is 1. The molecule has 1 amide bonds. The highest BCUT2D eigenvalue weighted by Gasteiger charge is 2.15. The lowest BCUT2D eigenvalue weighted by atomic mass is 10.2. The Morgan fingerprint density at radius 2 is 1.75 bits per heavy atom. The van der Waals surface area contributed by atoms with Crippen LogP contribution in [-0.4, -0.2) is 21.8 Å². The Morgan fingerprint density at radius 3 is 2.61 bits per heavy atom. The molecular weight excluding hydrogens is 465 g/mol. The van der Waals surface area contributed by atoms with Crippen molar-refractivity contribution in [3.8, 4) is 11.5 Å². The Labute approximate surface area is 205 Å². The van der Waals surface area contributed by atoms with Gasteiger partial charge in [0.25, 0.3) is 5.56 Å². The monoisotopic (exact) mass is 489 g/mol. The maximum absolute atomic E-state index is 13.7. The summed E-state index contributed by atoms with van der Waals surface area (Å²) in [6.07, 6.45) is 0.452. The third-order valence-corrected chi connectivity index (χ3v) is 6.07. The molecule has 0 saturated heterocycles. The van der Waals surface area contributed by atoms with Gasteiger partial charge < -0.3 is 14.8 Å². The van der Waals surface area contributed by atoms with Gasteiger partial charge in [-0.1, -0.05) is 30.3 Å². The van der Waals surface area contributed by atoms with Crippen LogP contribution in [0.15, 0.2) is 76.3 Å². The van der Waals surface area contributed by atoms with Gasteiger partial charge in [0.05, 0.1) is 17.4 Å². The lowest BCUT2D eigenvalue weighted by molar-refractivity contribution is -0.121. The van der Waals surface area contributed by atoms with E-state index in [2.05, 4.69) is 5.32 Å². The van der Waals surface area contributed by atoms with Crippen LogP contribution in [0, 0.1) is 5.82 Å². The summed E-state index contributed by atoms with van der Waals surface area (Å²) >= 11 is 0. The number of para-hydroxylation sites is 1. The van der Waals surface area contributed by atoms with E-state index >= 15 is 0 Å². The molecule has 1 aliphatic rings. The maximum atomic E-state index is 13.7. The molecule has 1 aliphatic heterocycles. The van der Waals surface area contributed by atoms with Crippen LogP contribution < -0.4 is 26.0 Å². The number of hydrogen-bond donors (Lipinski definition) is 1. The molecule has 1 N–H and O–H groups in total. The predicted molar refractivity (Wildman–Crippen MR) is 132 cm³/mol. The first-order chi connectivity index (χ1) is 17.5. The average molecular weight is 490 g/mol. The Bertz CT molecular complexity index is 1560. The first-order valence-corrected chi connectivity index (χ1v) is 11.6. The van der Waals surface area contributed by atoms with E-state index in [1.54, 1.807) is 42.5 Å². The fourth-order valence-electron chi connectivity index (χ4n) is 4.28. The molecule has 184 valence electrons. The summed E-state index contributed by atoms with van der Waals surface area (Å²) in [5.74, 6) is 0.729. The maximum Gasteiger partial charge on any atom is 0.331 e. The molecule has 0 fully saturated rings. The summed E-state index contributed by atoms with van der Waals surface area (Å²) in [7, 11) is 0. The van der Waals surface area contributed by atoms with Gasteiger partial charge in [-0.3, -0.25) is 18.7 Å². The van der Waals surface area contributed by atoms with Gasteiger partial charge >= 0.3 is 5.69 Å². The molecule has 0 bridgehead atoms. The van der Waals surface area contributed by atoms with Gasteiger partial charge in [-0.15, -0.1) is 0 Å². The van der Waals surface area contributed by atoms with Crippen LogP contribution >= 0.6 is 0 Å². The Morgan fingerprint density at radius 1 is 0.917 bits per heavy atom. The summed E-state index contributed by atoms with van der Waals surface area (Å²) < 4.78 is 27.0. The van der Waals surface area contributed by atoms with E-state index in [1.807, 2.05) is 12.1 Å². The summed E-state index contributed by atoms with van der Waals surface area (Å²) in [4.78, 5) is 38.7. The Kier molecular flexibility index (Phi) is 6.53. The molecule has 9 heteroatoms. The lowest BCUT2D eigenvalue weighted by Crippen LogP contribution is -2.40. The van der Waals surface area contributed by atoms with Crippen LogP contribution in [0.5, 0.6) is 11.5 Å². The molecule has 0 aliphatic carbocycles. The van der Waals surface area contributed by atoms with Crippen LogP contribution in [0.25, 0.3) is 10.9 Å². The molecule has 2 heterocycles. The first kappa shape index (κ1) is 23.3.